The average Bonchev–Trinajstić information content (AvgIpc) is 2.25. The topological polar surface area (TPSA) is 12.9 Å². The molecule has 0 atom stereocenters. The Hall–Kier alpha value is -0.850. The first-order valence-electron chi connectivity index (χ1n) is 5.21. The lowest BCUT2D eigenvalue weighted by atomic mass is 10.1. The molecule has 76 valence electrons. The maximum Gasteiger partial charge on any atom is 0.0428 e. The Balaban J connectivity index is 0. The monoisotopic (exact) mass is 181 g/mol. The van der Waals surface area contributed by atoms with E-state index in [-0.39, 0.29) is 0 Å². The molecule has 1 heteroatoms. The predicted molar refractivity (Wildman–Crippen MR) is 61.0 cm³/mol. The standard InChI is InChI=1S/C8H11N.2C2H6/c1-7(2)8-5-3-4-6-9-8;2*1-2/h3-7H,1-2H3;2*1-2H3. The molecule has 0 N–H and O–H groups in total. The first-order chi connectivity index (χ1) is 6.30. The zero-order valence-corrected chi connectivity index (χ0v) is 9.83. The quantitative estimate of drug-likeness (QED) is 0.631. The van der Waals surface area contributed by atoms with E-state index < -0.39 is 0 Å². The summed E-state index contributed by atoms with van der Waals surface area (Å²) in [6.45, 7) is 12.3. The lowest BCUT2D eigenvalue weighted by molar-refractivity contribution is 0.823. The summed E-state index contributed by atoms with van der Waals surface area (Å²) >= 11 is 0. The summed E-state index contributed by atoms with van der Waals surface area (Å²) in [7, 11) is 0. The van der Waals surface area contributed by atoms with Crippen LogP contribution in [0.3, 0.4) is 0 Å². The van der Waals surface area contributed by atoms with Gasteiger partial charge in [0.05, 0.1) is 0 Å². The fourth-order valence-electron chi connectivity index (χ4n) is 0.717. The number of hydrogen-bond donors (Lipinski definition) is 0. The molecule has 1 aromatic rings. The van der Waals surface area contributed by atoms with Crippen LogP contribution in [0.15, 0.2) is 24.4 Å². The summed E-state index contributed by atoms with van der Waals surface area (Å²) in [5.74, 6) is 0.547. The van der Waals surface area contributed by atoms with Crippen LogP contribution in [0.4, 0.5) is 0 Å². The summed E-state index contributed by atoms with van der Waals surface area (Å²) in [4.78, 5) is 4.18. The van der Waals surface area contributed by atoms with Crippen LogP contribution >= 0.6 is 0 Å². The van der Waals surface area contributed by atoms with Gasteiger partial charge < -0.3 is 0 Å². The van der Waals surface area contributed by atoms with Crippen LogP contribution in [0.25, 0.3) is 0 Å². The largest absolute Gasteiger partial charge is 0.261 e. The summed E-state index contributed by atoms with van der Waals surface area (Å²) in [5.41, 5.74) is 1.16. The molecule has 0 aliphatic carbocycles. The molecule has 0 bridgehead atoms. The van der Waals surface area contributed by atoms with Crippen molar-refractivity contribution in [1.29, 1.82) is 0 Å². The molecule has 13 heavy (non-hydrogen) atoms. The normalized spacial score (nSPS) is 7.92. The fraction of sp³-hybridized carbons (Fsp3) is 0.583. The van der Waals surface area contributed by atoms with Gasteiger partial charge in [-0.1, -0.05) is 47.6 Å². The molecule has 0 spiro atoms. The minimum absolute atomic E-state index is 0.547. The van der Waals surface area contributed by atoms with E-state index in [0.29, 0.717) is 5.92 Å². The van der Waals surface area contributed by atoms with Crippen molar-refractivity contribution in [1.82, 2.24) is 4.98 Å². The van der Waals surface area contributed by atoms with Gasteiger partial charge in [-0.3, -0.25) is 4.98 Å². The van der Waals surface area contributed by atoms with Gasteiger partial charge in [0.2, 0.25) is 0 Å². The highest BCUT2D eigenvalue weighted by atomic mass is 14.7. The van der Waals surface area contributed by atoms with Crippen molar-refractivity contribution < 1.29 is 0 Å². The highest BCUT2D eigenvalue weighted by Gasteiger charge is 1.95. The molecule has 0 aromatic carbocycles. The molecule has 0 aliphatic heterocycles. The SMILES string of the molecule is CC.CC.CC(C)c1ccccn1. The Morgan fingerprint density at radius 1 is 1.00 bits per heavy atom. The number of rotatable bonds is 1. The molecule has 0 saturated heterocycles. The fourth-order valence-corrected chi connectivity index (χ4v) is 0.717. The first kappa shape index (κ1) is 14.7. The lowest BCUT2D eigenvalue weighted by Crippen LogP contribution is -1.88. The van der Waals surface area contributed by atoms with Crippen LogP contribution in [-0.2, 0) is 0 Å². The van der Waals surface area contributed by atoms with Gasteiger partial charge in [-0.2, -0.15) is 0 Å². The lowest BCUT2D eigenvalue weighted by Gasteiger charge is -2.00. The molecule has 0 saturated carbocycles. The third kappa shape index (κ3) is 7.51. The van der Waals surface area contributed by atoms with Crippen LogP contribution in [0.5, 0.6) is 0 Å². The molecule has 1 aromatic heterocycles. The second-order valence-electron chi connectivity index (χ2n) is 2.41. The summed E-state index contributed by atoms with van der Waals surface area (Å²) < 4.78 is 0. The molecule has 0 radical (unpaired) electrons. The maximum atomic E-state index is 4.18. The van der Waals surface area contributed by atoms with Crippen LogP contribution < -0.4 is 0 Å². The third-order valence-corrected chi connectivity index (χ3v) is 1.28. The second-order valence-corrected chi connectivity index (χ2v) is 2.41. The Bertz CT molecular complexity index is 168. The molecule has 1 nitrogen and oxygen atoms in total. The smallest absolute Gasteiger partial charge is 0.0428 e. The van der Waals surface area contributed by atoms with Crippen molar-refractivity contribution in [3.8, 4) is 0 Å². The Kier molecular flexibility index (Phi) is 12.6. The maximum absolute atomic E-state index is 4.18. The van der Waals surface area contributed by atoms with Gasteiger partial charge in [0, 0.05) is 11.9 Å². The van der Waals surface area contributed by atoms with Gasteiger partial charge in [-0.05, 0) is 18.1 Å². The molecule has 0 aliphatic rings. The van der Waals surface area contributed by atoms with E-state index in [0.717, 1.165) is 5.69 Å². The number of aromatic nitrogens is 1. The predicted octanol–water partition coefficient (Wildman–Crippen LogP) is 4.26. The van der Waals surface area contributed by atoms with Crippen molar-refractivity contribution in [3.63, 3.8) is 0 Å². The first-order valence-corrected chi connectivity index (χ1v) is 5.21. The molecule has 0 amide bonds. The van der Waals surface area contributed by atoms with Gasteiger partial charge in [0.1, 0.15) is 0 Å². The minimum Gasteiger partial charge on any atom is -0.261 e. The number of pyridine rings is 1. The second kappa shape index (κ2) is 11.2. The Morgan fingerprint density at radius 2 is 1.54 bits per heavy atom. The van der Waals surface area contributed by atoms with Crippen LogP contribution in [-0.4, -0.2) is 4.98 Å². The molecule has 0 fully saturated rings. The Morgan fingerprint density at radius 3 is 1.77 bits per heavy atom. The van der Waals surface area contributed by atoms with Crippen molar-refractivity contribution in [2.24, 2.45) is 0 Å². The number of nitrogens with zero attached hydrogens (tertiary/aromatic N) is 1. The van der Waals surface area contributed by atoms with E-state index in [1.807, 2.05) is 52.1 Å². The van der Waals surface area contributed by atoms with E-state index in [2.05, 4.69) is 18.8 Å². The summed E-state index contributed by atoms with van der Waals surface area (Å²) in [6.07, 6.45) is 1.83. The van der Waals surface area contributed by atoms with E-state index >= 15 is 0 Å². The molecule has 0 unspecified atom stereocenters. The highest BCUT2D eigenvalue weighted by molar-refractivity contribution is 5.06. The van der Waals surface area contributed by atoms with E-state index in [1.165, 1.54) is 0 Å². The van der Waals surface area contributed by atoms with E-state index in [1.54, 1.807) is 0 Å². The van der Waals surface area contributed by atoms with Gasteiger partial charge in [-0.15, -0.1) is 0 Å². The van der Waals surface area contributed by atoms with Gasteiger partial charge in [0.25, 0.3) is 0 Å². The third-order valence-electron chi connectivity index (χ3n) is 1.28. The van der Waals surface area contributed by atoms with Crippen LogP contribution in [0.2, 0.25) is 0 Å². The molecular weight excluding hydrogens is 158 g/mol. The zero-order valence-electron chi connectivity index (χ0n) is 9.83. The minimum atomic E-state index is 0.547. The van der Waals surface area contributed by atoms with E-state index in [9.17, 15) is 0 Å². The number of hydrogen-bond acceptors (Lipinski definition) is 1. The van der Waals surface area contributed by atoms with E-state index in [4.69, 9.17) is 0 Å². The van der Waals surface area contributed by atoms with Crippen molar-refractivity contribution >= 4 is 0 Å². The van der Waals surface area contributed by atoms with Gasteiger partial charge in [0.15, 0.2) is 0 Å². The van der Waals surface area contributed by atoms with Crippen molar-refractivity contribution in [2.45, 2.75) is 47.5 Å². The van der Waals surface area contributed by atoms with Crippen LogP contribution in [0.1, 0.15) is 53.2 Å². The summed E-state index contributed by atoms with van der Waals surface area (Å²) in [5, 5.41) is 0. The van der Waals surface area contributed by atoms with Crippen molar-refractivity contribution in [2.75, 3.05) is 0 Å². The van der Waals surface area contributed by atoms with Gasteiger partial charge >= 0.3 is 0 Å². The molecule has 1 heterocycles. The highest BCUT2D eigenvalue weighted by Crippen LogP contribution is 2.08. The summed E-state index contributed by atoms with van der Waals surface area (Å²) in [6, 6.07) is 6.00. The van der Waals surface area contributed by atoms with Crippen molar-refractivity contribution in [3.05, 3.63) is 30.1 Å². The van der Waals surface area contributed by atoms with Crippen LogP contribution in [0, 0.1) is 0 Å². The Labute approximate surface area is 83.2 Å². The average molecular weight is 181 g/mol. The van der Waals surface area contributed by atoms with Gasteiger partial charge in [-0.25, -0.2) is 0 Å². The molecular formula is C12H23N. The zero-order chi connectivity index (χ0) is 10.7. The molecule has 1 rings (SSSR count).